The molecular formula is C26H26N4O3. The molecule has 3 aromatic carbocycles. The Balaban J connectivity index is 1.70. The summed E-state index contributed by atoms with van der Waals surface area (Å²) < 4.78 is 5.41. The van der Waals surface area contributed by atoms with Gasteiger partial charge in [0.15, 0.2) is 0 Å². The fourth-order valence-corrected chi connectivity index (χ4v) is 4.57. The molecule has 0 aliphatic carbocycles. The molecule has 1 aromatic heterocycles. The number of methoxy groups -OCH3 is 1. The van der Waals surface area contributed by atoms with E-state index in [2.05, 4.69) is 16.9 Å². The van der Waals surface area contributed by atoms with Crippen molar-refractivity contribution in [3.05, 3.63) is 65.7 Å². The summed E-state index contributed by atoms with van der Waals surface area (Å²) in [6.45, 7) is 3.15. The van der Waals surface area contributed by atoms with Crippen LogP contribution in [0.25, 0.3) is 32.9 Å². The van der Waals surface area contributed by atoms with E-state index in [-0.39, 0.29) is 5.91 Å². The van der Waals surface area contributed by atoms with E-state index >= 15 is 0 Å². The van der Waals surface area contributed by atoms with E-state index in [1.54, 1.807) is 13.2 Å². The number of nitrogens with zero attached hydrogens (tertiary/aromatic N) is 2. The zero-order valence-electron chi connectivity index (χ0n) is 18.7. The summed E-state index contributed by atoms with van der Waals surface area (Å²) in [5.41, 5.74) is 10.1. The summed E-state index contributed by atoms with van der Waals surface area (Å²) in [5.74, 6) is 0.260. The predicted octanol–water partition coefficient (Wildman–Crippen LogP) is 3.48. The minimum Gasteiger partial charge on any atom is -0.497 e. The summed E-state index contributed by atoms with van der Waals surface area (Å²) in [7, 11) is 3.70. The number of piperazine rings is 1. The number of benzene rings is 3. The molecule has 1 aliphatic rings. The Morgan fingerprint density at radius 1 is 1.00 bits per heavy atom. The van der Waals surface area contributed by atoms with E-state index in [9.17, 15) is 9.59 Å². The zero-order valence-corrected chi connectivity index (χ0v) is 18.7. The fraction of sp³-hybridized carbons (Fsp3) is 0.231. The number of primary amides is 1. The third kappa shape index (κ3) is 3.70. The van der Waals surface area contributed by atoms with Gasteiger partial charge in [0.1, 0.15) is 5.75 Å². The van der Waals surface area contributed by atoms with Crippen LogP contribution in [0.15, 0.2) is 54.6 Å². The van der Waals surface area contributed by atoms with Gasteiger partial charge in [0, 0.05) is 48.0 Å². The lowest BCUT2D eigenvalue weighted by Crippen LogP contribution is -2.47. The molecule has 33 heavy (non-hydrogen) atoms. The van der Waals surface area contributed by atoms with Crippen LogP contribution in [0, 0.1) is 0 Å². The lowest BCUT2D eigenvalue weighted by molar-refractivity contribution is 0.0664. The number of carbonyl (C=O) groups excluding carboxylic acids is 2. The lowest BCUT2D eigenvalue weighted by atomic mass is 9.96. The standard InChI is InChI=1S/C26H26N4O3/c1-29-10-12-30(13-11-29)26(32)17-6-9-22-21(15-17)23-19(16-4-3-5-18(14-16)33-2)7-8-20(25(27)31)24(23)28-22/h3-9,14-15,28H,10-13H2,1-2H3,(H2,27,31). The maximum absolute atomic E-state index is 13.2. The number of nitrogens with two attached hydrogens (primary N) is 1. The second-order valence-corrected chi connectivity index (χ2v) is 8.49. The number of hydrogen-bond acceptors (Lipinski definition) is 4. The maximum atomic E-state index is 13.2. The first-order valence-corrected chi connectivity index (χ1v) is 11.0. The van der Waals surface area contributed by atoms with E-state index in [1.165, 1.54) is 0 Å². The summed E-state index contributed by atoms with van der Waals surface area (Å²) in [6, 6.07) is 17.1. The van der Waals surface area contributed by atoms with Crippen LogP contribution < -0.4 is 10.5 Å². The third-order valence-electron chi connectivity index (χ3n) is 6.44. The van der Waals surface area contributed by atoms with E-state index in [0.717, 1.165) is 46.3 Å². The molecular weight excluding hydrogens is 416 g/mol. The van der Waals surface area contributed by atoms with Crippen molar-refractivity contribution in [2.45, 2.75) is 0 Å². The molecule has 4 aromatic rings. The van der Waals surface area contributed by atoms with Crippen molar-refractivity contribution in [1.82, 2.24) is 14.8 Å². The van der Waals surface area contributed by atoms with Gasteiger partial charge < -0.3 is 25.3 Å². The number of H-pyrrole nitrogens is 1. The van der Waals surface area contributed by atoms with E-state index in [1.807, 2.05) is 53.4 Å². The summed E-state index contributed by atoms with van der Waals surface area (Å²) in [4.78, 5) is 32.9. The van der Waals surface area contributed by atoms with E-state index in [0.29, 0.717) is 29.7 Å². The van der Waals surface area contributed by atoms with Crippen molar-refractivity contribution in [1.29, 1.82) is 0 Å². The highest BCUT2D eigenvalue weighted by atomic mass is 16.5. The SMILES string of the molecule is COc1cccc(-c2ccc(C(N)=O)c3[nH]c4ccc(C(=O)N5CCN(C)CC5)cc4c23)c1. The highest BCUT2D eigenvalue weighted by molar-refractivity contribution is 6.20. The second kappa shape index (κ2) is 8.26. The van der Waals surface area contributed by atoms with Crippen molar-refractivity contribution in [2.75, 3.05) is 40.3 Å². The minimum atomic E-state index is -0.502. The molecule has 1 saturated heterocycles. The first-order valence-electron chi connectivity index (χ1n) is 11.0. The van der Waals surface area contributed by atoms with Gasteiger partial charge in [0.25, 0.3) is 11.8 Å². The van der Waals surface area contributed by atoms with E-state index in [4.69, 9.17) is 10.5 Å². The number of likely N-dealkylation sites (N-methyl/N-ethyl adjacent to an activating group) is 1. The van der Waals surface area contributed by atoms with Crippen LogP contribution >= 0.6 is 0 Å². The van der Waals surface area contributed by atoms with Crippen LogP contribution in [0.2, 0.25) is 0 Å². The molecule has 2 heterocycles. The zero-order chi connectivity index (χ0) is 23.1. The summed E-state index contributed by atoms with van der Waals surface area (Å²) in [6.07, 6.45) is 0. The first-order chi connectivity index (χ1) is 16.0. The second-order valence-electron chi connectivity index (χ2n) is 8.49. The Morgan fingerprint density at radius 3 is 2.52 bits per heavy atom. The Morgan fingerprint density at radius 2 is 1.79 bits per heavy atom. The monoisotopic (exact) mass is 442 g/mol. The average molecular weight is 443 g/mol. The number of aromatic nitrogens is 1. The molecule has 3 N–H and O–H groups in total. The molecule has 0 atom stereocenters. The normalized spacial score (nSPS) is 14.7. The van der Waals surface area contributed by atoms with Gasteiger partial charge in [0.05, 0.1) is 18.2 Å². The molecule has 0 bridgehead atoms. The van der Waals surface area contributed by atoms with Gasteiger partial charge in [-0.1, -0.05) is 18.2 Å². The molecule has 0 unspecified atom stereocenters. The number of aromatic amines is 1. The Bertz CT molecular complexity index is 1380. The molecule has 0 saturated carbocycles. The molecule has 7 heteroatoms. The Kier molecular flexibility index (Phi) is 5.26. The Labute approximate surface area is 191 Å². The molecule has 1 aliphatic heterocycles. The number of carbonyl (C=O) groups is 2. The van der Waals surface area contributed by atoms with Crippen LogP contribution in [0.3, 0.4) is 0 Å². The quantitative estimate of drug-likeness (QED) is 0.506. The summed E-state index contributed by atoms with van der Waals surface area (Å²) in [5, 5.41) is 1.74. The van der Waals surface area contributed by atoms with Gasteiger partial charge in [-0.2, -0.15) is 0 Å². The molecule has 1 fully saturated rings. The van der Waals surface area contributed by atoms with E-state index < -0.39 is 5.91 Å². The van der Waals surface area contributed by atoms with Gasteiger partial charge in [-0.15, -0.1) is 0 Å². The topological polar surface area (TPSA) is 91.7 Å². The summed E-state index contributed by atoms with van der Waals surface area (Å²) >= 11 is 0. The molecule has 5 rings (SSSR count). The number of nitrogens with one attached hydrogen (secondary N) is 1. The van der Waals surface area contributed by atoms with Gasteiger partial charge in [-0.25, -0.2) is 0 Å². The number of rotatable bonds is 4. The smallest absolute Gasteiger partial charge is 0.253 e. The Hall–Kier alpha value is -3.84. The van der Waals surface area contributed by atoms with Crippen molar-refractivity contribution in [2.24, 2.45) is 5.73 Å². The van der Waals surface area contributed by atoms with Gasteiger partial charge in [0.2, 0.25) is 0 Å². The minimum absolute atomic E-state index is 0.0216. The van der Waals surface area contributed by atoms with Gasteiger partial charge >= 0.3 is 0 Å². The van der Waals surface area contributed by atoms with Gasteiger partial charge in [-0.05, 0) is 54.6 Å². The average Bonchev–Trinajstić information content (AvgIpc) is 3.22. The highest BCUT2D eigenvalue weighted by Gasteiger charge is 2.22. The molecule has 7 nitrogen and oxygen atoms in total. The first kappa shape index (κ1) is 21.0. The number of fused-ring (bicyclic) bond motifs is 3. The van der Waals surface area contributed by atoms with Crippen LogP contribution in [0.5, 0.6) is 5.75 Å². The van der Waals surface area contributed by atoms with Crippen LogP contribution in [0.4, 0.5) is 0 Å². The van der Waals surface area contributed by atoms with Gasteiger partial charge in [-0.3, -0.25) is 9.59 Å². The highest BCUT2D eigenvalue weighted by Crippen LogP contribution is 2.37. The third-order valence-corrected chi connectivity index (χ3v) is 6.44. The number of hydrogen-bond donors (Lipinski definition) is 2. The van der Waals surface area contributed by atoms with Crippen molar-refractivity contribution < 1.29 is 14.3 Å². The molecule has 0 radical (unpaired) electrons. The fourth-order valence-electron chi connectivity index (χ4n) is 4.57. The van der Waals surface area contributed by atoms with Crippen LogP contribution in [-0.4, -0.2) is 66.9 Å². The molecule has 0 spiro atoms. The maximum Gasteiger partial charge on any atom is 0.253 e. The van der Waals surface area contributed by atoms with Crippen molar-refractivity contribution in [3.8, 4) is 16.9 Å². The number of ether oxygens (including phenoxy) is 1. The number of amides is 2. The van der Waals surface area contributed by atoms with Crippen LogP contribution in [-0.2, 0) is 0 Å². The molecule has 2 amide bonds. The molecule has 168 valence electrons. The largest absolute Gasteiger partial charge is 0.497 e. The van der Waals surface area contributed by atoms with Crippen LogP contribution in [0.1, 0.15) is 20.7 Å². The van der Waals surface area contributed by atoms with Crippen molar-refractivity contribution >= 4 is 33.6 Å². The predicted molar refractivity (Wildman–Crippen MR) is 130 cm³/mol. The lowest BCUT2D eigenvalue weighted by Gasteiger charge is -2.32. The van der Waals surface area contributed by atoms with Crippen molar-refractivity contribution in [3.63, 3.8) is 0 Å².